The van der Waals surface area contributed by atoms with Gasteiger partial charge in [-0.15, -0.1) is 0 Å². The van der Waals surface area contributed by atoms with Crippen molar-refractivity contribution in [1.29, 1.82) is 0 Å². The molecule has 0 fully saturated rings. The van der Waals surface area contributed by atoms with Crippen molar-refractivity contribution in [3.8, 4) is 0 Å². The smallest absolute Gasteiger partial charge is 1.00 e. The molecule has 0 radical (unpaired) electrons. The third-order valence-corrected chi connectivity index (χ3v) is 1.64. The summed E-state index contributed by atoms with van der Waals surface area (Å²) in [6.45, 7) is 0. The molecule has 0 N–H and O–H groups in total. The molecule has 0 aliphatic carbocycles. The van der Waals surface area contributed by atoms with Gasteiger partial charge in [-0.05, 0) is 12.1 Å². The summed E-state index contributed by atoms with van der Waals surface area (Å²) in [6, 6.07) is 2.75. The van der Waals surface area contributed by atoms with Gasteiger partial charge in [0.15, 0.2) is 5.69 Å². The van der Waals surface area contributed by atoms with Crippen molar-refractivity contribution in [2.45, 2.75) is 0 Å². The molecule has 0 aromatic carbocycles. The summed E-state index contributed by atoms with van der Waals surface area (Å²) in [7, 11) is 0. The van der Waals surface area contributed by atoms with Crippen molar-refractivity contribution in [2.75, 3.05) is 0 Å². The molecule has 1 aromatic heterocycles. The zero-order valence-electron chi connectivity index (χ0n) is 8.57. The van der Waals surface area contributed by atoms with Crippen LogP contribution >= 0.6 is 23.7 Å². The van der Waals surface area contributed by atoms with Gasteiger partial charge in [-0.2, -0.15) is 0 Å². The van der Waals surface area contributed by atoms with E-state index in [9.17, 15) is 9.59 Å². The summed E-state index contributed by atoms with van der Waals surface area (Å²) in [4.78, 5) is 25.6. The van der Waals surface area contributed by atoms with Crippen molar-refractivity contribution in [3.63, 3.8) is 0 Å². The van der Waals surface area contributed by atoms with E-state index in [1.165, 1.54) is 18.3 Å². The Morgan fingerprint density at radius 1 is 1.27 bits per heavy atom. The van der Waals surface area contributed by atoms with Gasteiger partial charge in [0.2, 0.25) is 0 Å². The van der Waals surface area contributed by atoms with Gasteiger partial charge in [-0.25, -0.2) is 14.6 Å². The van der Waals surface area contributed by atoms with Crippen LogP contribution in [-0.2, 0) is 8.58 Å². The van der Waals surface area contributed by atoms with Gasteiger partial charge in [0, 0.05) is 6.20 Å². The average molecular weight is 260 g/mol. The number of hydrogen-bond donors (Lipinski definition) is 0. The van der Waals surface area contributed by atoms with Gasteiger partial charge in [0.1, 0.15) is 23.7 Å². The van der Waals surface area contributed by atoms with Crippen LogP contribution in [-0.4, -0.2) is 16.9 Å². The molecule has 0 unspecified atom stereocenters. The van der Waals surface area contributed by atoms with Gasteiger partial charge < -0.3 is 10.0 Å². The molecule has 0 atom stereocenters. The molecule has 0 aliphatic heterocycles. The van der Waals surface area contributed by atoms with Crippen LogP contribution in [0.1, 0.15) is 22.3 Å². The van der Waals surface area contributed by atoms with Crippen LogP contribution in [0.5, 0.6) is 0 Å². The average Bonchev–Trinajstić information content (AvgIpc) is 2.27. The van der Waals surface area contributed by atoms with Gasteiger partial charge in [-0.1, -0.05) is 0 Å². The number of hydrogen-bond acceptors (Lipinski definition) is 5. The molecule has 1 aromatic rings. The summed E-state index contributed by atoms with van der Waals surface area (Å²) < 4.78 is 7.81. The molecule has 0 bridgehead atoms. The molecule has 5 nitrogen and oxygen atoms in total. The summed E-state index contributed by atoms with van der Waals surface area (Å²) in [5.41, 5.74) is -0.374. The molecule has 0 saturated heterocycles. The van der Waals surface area contributed by atoms with E-state index in [2.05, 4.69) is 13.6 Å². The predicted molar refractivity (Wildman–Crippen MR) is 47.9 cm³/mol. The van der Waals surface area contributed by atoms with E-state index < -0.39 is 11.9 Å². The van der Waals surface area contributed by atoms with Crippen LogP contribution in [0, 0.1) is 0 Å². The second-order valence-corrected chi connectivity index (χ2v) is 2.44. The molecule has 0 spiro atoms. The fourth-order valence-electron chi connectivity index (χ4n) is 0.811. The van der Waals surface area contributed by atoms with Crippen molar-refractivity contribution in [3.05, 3.63) is 29.6 Å². The van der Waals surface area contributed by atoms with E-state index in [-0.39, 0.29) is 42.2 Å². The van der Waals surface area contributed by atoms with E-state index >= 15 is 0 Å². The number of nitrogens with zero attached hydrogens (tertiary/aromatic N) is 1. The van der Waals surface area contributed by atoms with E-state index in [4.69, 9.17) is 23.7 Å². The molecular formula is C7H4Cl2NNaO4. The van der Waals surface area contributed by atoms with Crippen LogP contribution < -0.4 is 29.6 Å². The van der Waals surface area contributed by atoms with Gasteiger partial charge in [0.05, 0.1) is 5.56 Å². The Morgan fingerprint density at radius 3 is 2.40 bits per heavy atom. The minimum Gasteiger partial charge on any atom is -1.00 e. The fourth-order valence-corrected chi connectivity index (χ4v) is 0.967. The van der Waals surface area contributed by atoms with E-state index in [1.807, 2.05) is 0 Å². The van der Waals surface area contributed by atoms with Crippen LogP contribution in [0.25, 0.3) is 0 Å². The second-order valence-electron chi connectivity index (χ2n) is 2.13. The maximum absolute atomic E-state index is 11.0. The second kappa shape index (κ2) is 7.03. The first-order valence-electron chi connectivity index (χ1n) is 3.31. The van der Waals surface area contributed by atoms with Gasteiger partial charge >= 0.3 is 41.5 Å². The van der Waals surface area contributed by atoms with Crippen molar-refractivity contribution in [1.82, 2.24) is 4.98 Å². The largest absolute Gasteiger partial charge is 1.00 e. The number of halogens is 2. The maximum Gasteiger partial charge on any atom is 1.00 e. The number of rotatable bonds is 2. The normalized spacial score (nSPS) is 8.67. The number of carbonyl (C=O) groups is 2. The maximum atomic E-state index is 11.0. The quantitative estimate of drug-likeness (QED) is 0.626. The van der Waals surface area contributed by atoms with Crippen LogP contribution in [0.2, 0.25) is 0 Å². The minimum atomic E-state index is -0.954. The van der Waals surface area contributed by atoms with Gasteiger partial charge in [0.25, 0.3) is 0 Å². The standard InChI is InChI=1S/C7H3Cl2NO4.Na.H/c8-13-6(11)4-2-1-3-10-5(4)7(12)14-9;;/h1-3H;;/q;+1;-1. The molecular weight excluding hydrogens is 256 g/mol. The molecule has 8 heteroatoms. The first kappa shape index (κ1) is 14.7. The third-order valence-electron chi connectivity index (χ3n) is 1.36. The molecule has 1 rings (SSSR count). The van der Waals surface area contributed by atoms with Crippen molar-refractivity contribution in [2.24, 2.45) is 0 Å². The zero-order valence-corrected chi connectivity index (χ0v) is 11.1. The molecule has 1 heterocycles. The van der Waals surface area contributed by atoms with E-state index in [0.29, 0.717) is 0 Å². The third kappa shape index (κ3) is 3.62. The molecule has 0 aliphatic rings. The Bertz CT molecular complexity index is 344. The van der Waals surface area contributed by atoms with Crippen LogP contribution in [0.4, 0.5) is 0 Å². The predicted octanol–water partition coefficient (Wildman–Crippen LogP) is -1.18. The number of pyridine rings is 1. The van der Waals surface area contributed by atoms with Crippen LogP contribution in [0.15, 0.2) is 18.3 Å². The summed E-state index contributed by atoms with van der Waals surface area (Å²) in [6.07, 6.45) is 1.30. The monoisotopic (exact) mass is 259 g/mol. The number of aromatic nitrogens is 1. The Morgan fingerprint density at radius 2 is 1.87 bits per heavy atom. The Balaban J connectivity index is 0. The Hall–Kier alpha value is -0.330. The first-order chi connectivity index (χ1) is 6.70. The molecule has 15 heavy (non-hydrogen) atoms. The number of carbonyl (C=O) groups excluding carboxylic acids is 2. The van der Waals surface area contributed by atoms with Crippen molar-refractivity contribution >= 4 is 35.7 Å². The Labute approximate surface area is 119 Å². The summed E-state index contributed by atoms with van der Waals surface area (Å²) in [5, 5.41) is 0. The van der Waals surface area contributed by atoms with Gasteiger partial charge in [-0.3, -0.25) is 0 Å². The molecule has 0 saturated carbocycles. The fraction of sp³-hybridized carbons (Fsp3) is 0. The Kier molecular flexibility index (Phi) is 6.87. The van der Waals surface area contributed by atoms with Crippen molar-refractivity contribution < 1.29 is 49.2 Å². The summed E-state index contributed by atoms with van der Waals surface area (Å²) >= 11 is 9.68. The topological polar surface area (TPSA) is 65.5 Å². The SMILES string of the molecule is O=C(OCl)c1cccnc1C(=O)OCl.[H-].[Na+]. The van der Waals surface area contributed by atoms with E-state index in [0.717, 1.165) is 0 Å². The first-order valence-corrected chi connectivity index (χ1v) is 3.93. The zero-order chi connectivity index (χ0) is 10.6. The van der Waals surface area contributed by atoms with Crippen LogP contribution in [0.3, 0.4) is 0 Å². The summed E-state index contributed by atoms with van der Waals surface area (Å²) in [5.74, 6) is -1.86. The molecule has 76 valence electrons. The molecule has 0 amide bonds. The minimum absolute atomic E-state index is 0. The van der Waals surface area contributed by atoms with E-state index in [1.54, 1.807) is 0 Å².